The average molecular weight is 248 g/mol. The van der Waals surface area contributed by atoms with Crippen molar-refractivity contribution >= 4 is 5.97 Å². The van der Waals surface area contributed by atoms with E-state index >= 15 is 0 Å². The van der Waals surface area contributed by atoms with Crippen LogP contribution in [0, 0.1) is 0 Å². The van der Waals surface area contributed by atoms with E-state index in [4.69, 9.17) is 4.74 Å². The minimum Gasteiger partial charge on any atom is -0.459 e. The Morgan fingerprint density at radius 3 is 2.35 bits per heavy atom. The van der Waals surface area contributed by atoms with Gasteiger partial charge in [0, 0.05) is 0 Å². The lowest BCUT2D eigenvalue weighted by Crippen LogP contribution is -2.20. The molecule has 1 aromatic rings. The zero-order chi connectivity index (χ0) is 13.1. The summed E-state index contributed by atoms with van der Waals surface area (Å²) >= 11 is 0. The molecule has 0 saturated heterocycles. The van der Waals surface area contributed by atoms with Crippen molar-refractivity contribution in [2.75, 3.05) is 0 Å². The van der Waals surface area contributed by atoms with Gasteiger partial charge in [-0.1, -0.05) is 12.1 Å². The number of benzene rings is 1. The molecule has 0 saturated carbocycles. The van der Waals surface area contributed by atoms with E-state index < -0.39 is 24.2 Å². The monoisotopic (exact) mass is 248 g/mol. The first-order chi connectivity index (χ1) is 7.79. The molecule has 0 amide bonds. The lowest BCUT2D eigenvalue weighted by Gasteiger charge is -2.13. The smallest absolute Gasteiger partial charge is 0.459 e. The third-order valence-electron chi connectivity index (χ3n) is 1.68. The quantitative estimate of drug-likeness (QED) is 0.771. The summed E-state index contributed by atoms with van der Waals surface area (Å²) in [6.07, 6.45) is -5.25. The molecule has 0 N–H and O–H groups in total. The Kier molecular flexibility index (Phi) is 3.98. The third kappa shape index (κ3) is 4.34. The fourth-order valence-electron chi connectivity index (χ4n) is 1.13. The van der Waals surface area contributed by atoms with Crippen LogP contribution in [0.1, 0.15) is 24.2 Å². The minimum atomic E-state index is -4.84. The number of ether oxygens (including phenoxy) is 2. The second-order valence-corrected chi connectivity index (χ2v) is 3.50. The van der Waals surface area contributed by atoms with Crippen LogP contribution in [0.4, 0.5) is 13.2 Å². The van der Waals surface area contributed by atoms with E-state index in [0.717, 1.165) is 6.07 Å². The van der Waals surface area contributed by atoms with Crippen LogP contribution in [-0.2, 0) is 4.74 Å². The van der Waals surface area contributed by atoms with Crippen molar-refractivity contribution in [3.05, 3.63) is 29.8 Å². The van der Waals surface area contributed by atoms with Crippen molar-refractivity contribution in [1.82, 2.24) is 0 Å². The van der Waals surface area contributed by atoms with Crippen molar-refractivity contribution < 1.29 is 27.4 Å². The molecule has 1 aromatic carbocycles. The number of alkyl halides is 3. The van der Waals surface area contributed by atoms with E-state index in [0.29, 0.717) is 0 Å². The molecule has 1 rings (SSSR count). The van der Waals surface area contributed by atoms with Crippen LogP contribution in [0.2, 0.25) is 0 Å². The van der Waals surface area contributed by atoms with E-state index in [1.165, 1.54) is 18.2 Å². The number of halogens is 3. The zero-order valence-corrected chi connectivity index (χ0v) is 9.25. The highest BCUT2D eigenvalue weighted by molar-refractivity contribution is 5.92. The fourth-order valence-corrected chi connectivity index (χ4v) is 1.13. The second-order valence-electron chi connectivity index (χ2n) is 3.50. The van der Waals surface area contributed by atoms with Gasteiger partial charge in [-0.25, -0.2) is 4.79 Å². The Morgan fingerprint density at radius 1 is 1.24 bits per heavy atom. The summed E-state index contributed by atoms with van der Waals surface area (Å²) in [7, 11) is 0. The van der Waals surface area contributed by atoms with Gasteiger partial charge in [0.25, 0.3) is 0 Å². The van der Waals surface area contributed by atoms with Crippen molar-refractivity contribution in [3.63, 3.8) is 0 Å². The van der Waals surface area contributed by atoms with Gasteiger partial charge in [0.1, 0.15) is 11.3 Å². The van der Waals surface area contributed by atoms with Crippen LogP contribution in [-0.4, -0.2) is 18.4 Å². The van der Waals surface area contributed by atoms with Crippen molar-refractivity contribution in [3.8, 4) is 5.75 Å². The van der Waals surface area contributed by atoms with Gasteiger partial charge in [0.15, 0.2) is 0 Å². The number of esters is 1. The summed E-state index contributed by atoms with van der Waals surface area (Å²) in [6.45, 7) is 3.20. The molecule has 0 fully saturated rings. The maximum absolute atomic E-state index is 12.1. The van der Waals surface area contributed by atoms with Gasteiger partial charge in [-0.3, -0.25) is 0 Å². The average Bonchev–Trinajstić information content (AvgIpc) is 2.14. The molecule has 17 heavy (non-hydrogen) atoms. The Hall–Kier alpha value is -1.72. The molecule has 0 bridgehead atoms. The van der Waals surface area contributed by atoms with Crippen molar-refractivity contribution in [1.29, 1.82) is 0 Å². The molecule has 94 valence electrons. The first-order valence-corrected chi connectivity index (χ1v) is 4.85. The lowest BCUT2D eigenvalue weighted by atomic mass is 10.2. The van der Waals surface area contributed by atoms with Gasteiger partial charge in [0.2, 0.25) is 0 Å². The number of para-hydroxylation sites is 1. The Labute approximate surface area is 96.1 Å². The summed E-state index contributed by atoms with van der Waals surface area (Å²) < 4.78 is 44.8. The molecule has 0 radical (unpaired) electrons. The highest BCUT2D eigenvalue weighted by atomic mass is 19.4. The molecule has 0 aliphatic carbocycles. The third-order valence-corrected chi connectivity index (χ3v) is 1.68. The maximum Gasteiger partial charge on any atom is 0.573 e. The van der Waals surface area contributed by atoms with Crippen LogP contribution in [0.3, 0.4) is 0 Å². The van der Waals surface area contributed by atoms with Gasteiger partial charge in [-0.05, 0) is 26.0 Å². The predicted octanol–water partition coefficient (Wildman–Crippen LogP) is 3.15. The number of carbonyl (C=O) groups is 1. The van der Waals surface area contributed by atoms with Crippen LogP contribution < -0.4 is 4.74 Å². The van der Waals surface area contributed by atoms with Crippen LogP contribution in [0.5, 0.6) is 5.75 Å². The first-order valence-electron chi connectivity index (χ1n) is 4.85. The summed E-state index contributed by atoms with van der Waals surface area (Å²) in [5.41, 5.74) is -0.251. The predicted molar refractivity (Wildman–Crippen MR) is 53.7 cm³/mol. The number of carbonyl (C=O) groups excluding carboxylic acids is 1. The molecule has 0 heterocycles. The molecule has 3 nitrogen and oxygen atoms in total. The van der Waals surface area contributed by atoms with Gasteiger partial charge >= 0.3 is 12.3 Å². The van der Waals surface area contributed by atoms with E-state index in [1.54, 1.807) is 13.8 Å². The molecular formula is C11H11F3O3. The molecule has 0 aliphatic rings. The van der Waals surface area contributed by atoms with Crippen LogP contribution >= 0.6 is 0 Å². The highest BCUT2D eigenvalue weighted by Crippen LogP contribution is 2.26. The van der Waals surface area contributed by atoms with E-state index in [2.05, 4.69) is 4.74 Å². The highest BCUT2D eigenvalue weighted by Gasteiger charge is 2.33. The number of hydrogen-bond donors (Lipinski definition) is 0. The topological polar surface area (TPSA) is 35.5 Å². The van der Waals surface area contributed by atoms with Crippen molar-refractivity contribution in [2.45, 2.75) is 26.3 Å². The van der Waals surface area contributed by atoms with E-state index in [9.17, 15) is 18.0 Å². The Bertz CT molecular complexity index is 399. The molecule has 0 atom stereocenters. The van der Waals surface area contributed by atoms with E-state index in [-0.39, 0.29) is 5.56 Å². The summed E-state index contributed by atoms with van der Waals surface area (Å²) in [5, 5.41) is 0. The number of rotatable bonds is 3. The summed E-state index contributed by atoms with van der Waals surface area (Å²) in [4.78, 5) is 11.5. The molecule has 0 unspecified atom stereocenters. The van der Waals surface area contributed by atoms with Gasteiger partial charge in [0.05, 0.1) is 6.10 Å². The van der Waals surface area contributed by atoms with Gasteiger partial charge in [-0.2, -0.15) is 0 Å². The largest absolute Gasteiger partial charge is 0.573 e. The van der Waals surface area contributed by atoms with Gasteiger partial charge in [-0.15, -0.1) is 13.2 Å². The molecular weight excluding hydrogens is 237 g/mol. The lowest BCUT2D eigenvalue weighted by molar-refractivity contribution is -0.274. The van der Waals surface area contributed by atoms with Crippen LogP contribution in [0.25, 0.3) is 0 Å². The normalized spacial score (nSPS) is 11.4. The van der Waals surface area contributed by atoms with Crippen molar-refractivity contribution in [2.24, 2.45) is 0 Å². The summed E-state index contributed by atoms with van der Waals surface area (Å²) in [5.74, 6) is -1.41. The Morgan fingerprint density at radius 2 is 1.82 bits per heavy atom. The fraction of sp³-hybridized carbons (Fsp3) is 0.364. The van der Waals surface area contributed by atoms with E-state index in [1.807, 2.05) is 0 Å². The molecule has 6 heteroatoms. The Balaban J connectivity index is 2.95. The maximum atomic E-state index is 12.1. The second kappa shape index (κ2) is 5.07. The first kappa shape index (κ1) is 13.3. The zero-order valence-electron chi connectivity index (χ0n) is 9.25. The SMILES string of the molecule is CC(C)OC(=O)c1ccccc1OC(F)(F)F. The summed E-state index contributed by atoms with van der Waals surface area (Å²) in [6, 6.07) is 5.05. The molecule has 0 aromatic heterocycles. The van der Waals surface area contributed by atoms with Crippen LogP contribution in [0.15, 0.2) is 24.3 Å². The minimum absolute atomic E-state index is 0.251. The van der Waals surface area contributed by atoms with Gasteiger partial charge < -0.3 is 9.47 Å². The molecule has 0 aliphatic heterocycles. The number of hydrogen-bond acceptors (Lipinski definition) is 3. The molecule has 0 spiro atoms. The standard InChI is InChI=1S/C11H11F3O3/c1-7(2)16-10(15)8-5-3-4-6-9(8)17-11(12,13)14/h3-7H,1-2H3.